The van der Waals surface area contributed by atoms with Crippen molar-refractivity contribution in [3.63, 3.8) is 0 Å². The van der Waals surface area contributed by atoms with Crippen molar-refractivity contribution in [1.29, 1.82) is 0 Å². The second-order valence-electron chi connectivity index (χ2n) is 3.32. The minimum Gasteiger partial charge on any atom is -0.469 e. The normalized spacial score (nSPS) is 9.88. The first-order chi connectivity index (χ1) is 7.67. The molecule has 0 saturated carbocycles. The van der Waals surface area contributed by atoms with Crippen molar-refractivity contribution in [3.8, 4) is 0 Å². The van der Waals surface area contributed by atoms with Crippen molar-refractivity contribution in [2.24, 2.45) is 0 Å². The van der Waals surface area contributed by atoms with Crippen LogP contribution in [0.15, 0.2) is 23.1 Å². The predicted octanol–water partition coefficient (Wildman–Crippen LogP) is 2.46. The number of methoxy groups -OCH3 is 1. The summed E-state index contributed by atoms with van der Waals surface area (Å²) in [7, 11) is 1.39. The number of carbonyl (C=O) groups excluding carboxylic acids is 2. The van der Waals surface area contributed by atoms with Gasteiger partial charge in [-0.25, -0.2) is 0 Å². The van der Waals surface area contributed by atoms with Crippen LogP contribution in [-0.2, 0) is 9.53 Å². The van der Waals surface area contributed by atoms with E-state index in [1.807, 2.05) is 19.1 Å². The van der Waals surface area contributed by atoms with E-state index in [1.165, 1.54) is 7.11 Å². The number of aldehydes is 1. The molecule has 0 radical (unpaired) electrons. The van der Waals surface area contributed by atoms with Crippen LogP contribution in [-0.4, -0.2) is 25.1 Å². The molecule has 3 nitrogen and oxygen atoms in total. The average molecular weight is 238 g/mol. The number of aryl methyl sites for hydroxylation is 1. The number of hydrogen-bond acceptors (Lipinski definition) is 4. The van der Waals surface area contributed by atoms with E-state index in [0.29, 0.717) is 17.7 Å². The number of carbonyl (C=O) groups is 2. The molecule has 1 aromatic carbocycles. The van der Waals surface area contributed by atoms with Crippen molar-refractivity contribution in [1.82, 2.24) is 0 Å². The van der Waals surface area contributed by atoms with Crippen LogP contribution in [0.3, 0.4) is 0 Å². The van der Waals surface area contributed by atoms with Gasteiger partial charge in [-0.15, -0.1) is 11.8 Å². The first-order valence-corrected chi connectivity index (χ1v) is 5.91. The van der Waals surface area contributed by atoms with Crippen molar-refractivity contribution < 1.29 is 14.3 Å². The zero-order chi connectivity index (χ0) is 12.0. The van der Waals surface area contributed by atoms with Crippen LogP contribution in [0.5, 0.6) is 0 Å². The molecule has 16 heavy (non-hydrogen) atoms. The fourth-order valence-electron chi connectivity index (χ4n) is 1.25. The van der Waals surface area contributed by atoms with Crippen LogP contribution in [0.25, 0.3) is 0 Å². The molecular weight excluding hydrogens is 224 g/mol. The molecule has 0 heterocycles. The fourth-order valence-corrected chi connectivity index (χ4v) is 2.19. The summed E-state index contributed by atoms with van der Waals surface area (Å²) in [5.41, 5.74) is 1.73. The van der Waals surface area contributed by atoms with E-state index in [9.17, 15) is 9.59 Å². The first-order valence-electron chi connectivity index (χ1n) is 4.93. The Morgan fingerprint density at radius 3 is 2.81 bits per heavy atom. The standard InChI is InChI=1S/C12H14O3S/c1-9-7-10(8-13)3-4-11(9)16-6-5-12(14)15-2/h3-4,7-8H,5-6H2,1-2H3. The predicted molar refractivity (Wildman–Crippen MR) is 63.9 cm³/mol. The SMILES string of the molecule is COC(=O)CCSc1ccc(C=O)cc1C. The number of ether oxygens (including phenoxy) is 1. The fraction of sp³-hybridized carbons (Fsp3) is 0.333. The number of rotatable bonds is 5. The third-order valence-electron chi connectivity index (χ3n) is 2.13. The van der Waals surface area contributed by atoms with Crippen LogP contribution in [0.1, 0.15) is 22.3 Å². The Balaban J connectivity index is 2.54. The summed E-state index contributed by atoms with van der Waals surface area (Å²) in [4.78, 5) is 22.5. The lowest BCUT2D eigenvalue weighted by Crippen LogP contribution is -2.01. The van der Waals surface area contributed by atoms with E-state index in [4.69, 9.17) is 0 Å². The maximum Gasteiger partial charge on any atom is 0.306 e. The summed E-state index contributed by atoms with van der Waals surface area (Å²) >= 11 is 1.59. The van der Waals surface area contributed by atoms with E-state index in [-0.39, 0.29) is 5.97 Å². The largest absolute Gasteiger partial charge is 0.469 e. The summed E-state index contributed by atoms with van der Waals surface area (Å²) in [6.45, 7) is 1.95. The molecule has 0 unspecified atom stereocenters. The first kappa shape index (κ1) is 12.8. The topological polar surface area (TPSA) is 43.4 Å². The number of esters is 1. The lowest BCUT2D eigenvalue weighted by Gasteiger charge is -2.05. The quantitative estimate of drug-likeness (QED) is 0.449. The smallest absolute Gasteiger partial charge is 0.306 e. The molecule has 0 aliphatic rings. The molecule has 0 fully saturated rings. The van der Waals surface area contributed by atoms with Crippen molar-refractivity contribution in [3.05, 3.63) is 29.3 Å². The summed E-state index contributed by atoms with van der Waals surface area (Å²) in [6.07, 6.45) is 1.23. The number of thioether (sulfide) groups is 1. The van der Waals surface area contributed by atoms with Gasteiger partial charge in [-0.3, -0.25) is 9.59 Å². The molecule has 0 aliphatic heterocycles. The van der Waals surface area contributed by atoms with E-state index in [0.717, 1.165) is 16.7 Å². The molecule has 1 rings (SSSR count). The zero-order valence-electron chi connectivity index (χ0n) is 9.36. The van der Waals surface area contributed by atoms with Crippen LogP contribution < -0.4 is 0 Å². The summed E-state index contributed by atoms with van der Waals surface area (Å²) < 4.78 is 4.56. The van der Waals surface area contributed by atoms with Crippen LogP contribution in [0.4, 0.5) is 0 Å². The summed E-state index contributed by atoms with van der Waals surface area (Å²) in [6, 6.07) is 5.52. The zero-order valence-corrected chi connectivity index (χ0v) is 10.2. The Hall–Kier alpha value is -1.29. The molecule has 0 aliphatic carbocycles. The summed E-state index contributed by atoms with van der Waals surface area (Å²) in [5, 5.41) is 0. The Morgan fingerprint density at radius 2 is 2.25 bits per heavy atom. The van der Waals surface area contributed by atoms with Crippen LogP contribution in [0.2, 0.25) is 0 Å². The van der Waals surface area contributed by atoms with E-state index in [2.05, 4.69) is 4.74 Å². The number of hydrogen-bond donors (Lipinski definition) is 0. The highest BCUT2D eigenvalue weighted by atomic mass is 32.2. The van der Waals surface area contributed by atoms with Gasteiger partial charge in [0.2, 0.25) is 0 Å². The van der Waals surface area contributed by atoms with Gasteiger partial charge in [0, 0.05) is 16.2 Å². The van der Waals surface area contributed by atoms with E-state index >= 15 is 0 Å². The Kier molecular flexibility index (Phi) is 5.05. The highest BCUT2D eigenvalue weighted by molar-refractivity contribution is 7.99. The Labute approximate surface area is 99.2 Å². The van der Waals surface area contributed by atoms with E-state index in [1.54, 1.807) is 17.8 Å². The van der Waals surface area contributed by atoms with Gasteiger partial charge in [0.15, 0.2) is 0 Å². The Bertz CT molecular complexity index is 388. The molecule has 4 heteroatoms. The third kappa shape index (κ3) is 3.70. The molecule has 0 aromatic heterocycles. The van der Waals surface area contributed by atoms with Crippen molar-refractivity contribution in [2.45, 2.75) is 18.2 Å². The Morgan fingerprint density at radius 1 is 1.50 bits per heavy atom. The van der Waals surface area contributed by atoms with Crippen molar-refractivity contribution in [2.75, 3.05) is 12.9 Å². The minimum atomic E-state index is -0.199. The lowest BCUT2D eigenvalue weighted by molar-refractivity contribution is -0.140. The third-order valence-corrected chi connectivity index (χ3v) is 3.30. The van der Waals surface area contributed by atoms with Gasteiger partial charge in [0.25, 0.3) is 0 Å². The van der Waals surface area contributed by atoms with E-state index < -0.39 is 0 Å². The van der Waals surface area contributed by atoms with Gasteiger partial charge >= 0.3 is 5.97 Å². The molecular formula is C12H14O3S. The van der Waals surface area contributed by atoms with Crippen LogP contribution >= 0.6 is 11.8 Å². The second kappa shape index (κ2) is 6.33. The maximum atomic E-state index is 10.9. The molecule has 0 bridgehead atoms. The molecule has 0 N–H and O–H groups in total. The van der Waals surface area contributed by atoms with Gasteiger partial charge in [-0.05, 0) is 24.6 Å². The monoisotopic (exact) mass is 238 g/mol. The highest BCUT2D eigenvalue weighted by Gasteiger charge is 2.03. The second-order valence-corrected chi connectivity index (χ2v) is 4.45. The van der Waals surface area contributed by atoms with Gasteiger partial charge in [-0.2, -0.15) is 0 Å². The number of benzene rings is 1. The molecule has 0 spiro atoms. The maximum absolute atomic E-state index is 10.9. The summed E-state index contributed by atoms with van der Waals surface area (Å²) in [5.74, 6) is 0.489. The molecule has 1 aromatic rings. The molecule has 86 valence electrons. The van der Waals surface area contributed by atoms with Gasteiger partial charge in [0.1, 0.15) is 6.29 Å². The molecule has 0 amide bonds. The van der Waals surface area contributed by atoms with Gasteiger partial charge in [0.05, 0.1) is 13.5 Å². The van der Waals surface area contributed by atoms with Gasteiger partial charge < -0.3 is 4.74 Å². The molecule has 0 atom stereocenters. The van der Waals surface area contributed by atoms with Crippen molar-refractivity contribution >= 4 is 24.0 Å². The average Bonchev–Trinajstić information content (AvgIpc) is 2.30. The van der Waals surface area contributed by atoms with Gasteiger partial charge in [-0.1, -0.05) is 6.07 Å². The lowest BCUT2D eigenvalue weighted by atomic mass is 10.2. The minimum absolute atomic E-state index is 0.199. The van der Waals surface area contributed by atoms with Crippen LogP contribution in [0, 0.1) is 6.92 Å². The highest BCUT2D eigenvalue weighted by Crippen LogP contribution is 2.23. The molecule has 0 saturated heterocycles.